The van der Waals surface area contributed by atoms with Gasteiger partial charge in [-0.15, -0.1) is 0 Å². The Morgan fingerprint density at radius 2 is 2.29 bits per heavy atom. The summed E-state index contributed by atoms with van der Waals surface area (Å²) in [6.07, 6.45) is 2.78. The van der Waals surface area contributed by atoms with E-state index in [-0.39, 0.29) is 11.5 Å². The van der Waals surface area contributed by atoms with E-state index >= 15 is 0 Å². The van der Waals surface area contributed by atoms with Crippen molar-refractivity contribution in [2.45, 2.75) is 19.8 Å². The molecule has 0 aromatic carbocycles. The maximum absolute atomic E-state index is 11.3. The lowest BCUT2D eigenvalue weighted by Crippen LogP contribution is -2.26. The average molecular weight is 303 g/mol. The van der Waals surface area contributed by atoms with Crippen molar-refractivity contribution in [3.8, 4) is 0 Å². The summed E-state index contributed by atoms with van der Waals surface area (Å²) in [6.45, 7) is 3.14. The van der Waals surface area contributed by atoms with Gasteiger partial charge in [0.2, 0.25) is 5.91 Å². The van der Waals surface area contributed by atoms with Crippen molar-refractivity contribution in [2.24, 2.45) is 0 Å². The fraction of sp³-hybridized carbons (Fsp3) is 0.500. The van der Waals surface area contributed by atoms with Gasteiger partial charge >= 0.3 is 0 Å². The minimum atomic E-state index is -0.301. The highest BCUT2D eigenvalue weighted by atomic mass is 79.9. The predicted molar refractivity (Wildman–Crippen MR) is 69.0 cm³/mol. The summed E-state index contributed by atoms with van der Waals surface area (Å²) in [5, 5.41) is 11.7. The first kappa shape index (κ1) is 13.7. The van der Waals surface area contributed by atoms with E-state index < -0.39 is 0 Å². The number of hydrogen-bond donors (Lipinski definition) is 3. The van der Waals surface area contributed by atoms with Crippen molar-refractivity contribution >= 4 is 27.5 Å². The molecule has 0 saturated carbocycles. The largest absolute Gasteiger partial charge is 0.382 e. The van der Waals surface area contributed by atoms with Gasteiger partial charge in [-0.25, -0.2) is 5.10 Å². The Kier molecular flexibility index (Phi) is 5.68. The molecular formula is C10H15BrN4O2. The third-order valence-electron chi connectivity index (χ3n) is 2.04. The summed E-state index contributed by atoms with van der Waals surface area (Å²) in [4.78, 5) is 22.5. The SMILES string of the molecule is CCCNC(=O)CCNc1cn[nH]c(=O)c1Br. The molecule has 6 nitrogen and oxygen atoms in total. The molecule has 7 heteroatoms. The number of hydrogen-bond acceptors (Lipinski definition) is 4. The summed E-state index contributed by atoms with van der Waals surface area (Å²) >= 11 is 3.14. The van der Waals surface area contributed by atoms with Crippen LogP contribution in [0.15, 0.2) is 15.5 Å². The molecule has 0 atom stereocenters. The molecule has 0 aliphatic carbocycles. The highest BCUT2D eigenvalue weighted by Crippen LogP contribution is 2.14. The van der Waals surface area contributed by atoms with E-state index in [1.54, 1.807) is 0 Å². The van der Waals surface area contributed by atoms with Crippen LogP contribution in [0.1, 0.15) is 19.8 Å². The lowest BCUT2D eigenvalue weighted by molar-refractivity contribution is -0.120. The van der Waals surface area contributed by atoms with Crippen LogP contribution in [0.2, 0.25) is 0 Å². The van der Waals surface area contributed by atoms with Gasteiger partial charge in [0.1, 0.15) is 4.47 Å². The third kappa shape index (κ3) is 4.56. The number of nitrogens with one attached hydrogen (secondary N) is 3. The van der Waals surface area contributed by atoms with Gasteiger partial charge in [-0.05, 0) is 22.4 Å². The molecule has 0 aliphatic rings. The number of aromatic amines is 1. The molecule has 94 valence electrons. The van der Waals surface area contributed by atoms with Crippen LogP contribution < -0.4 is 16.2 Å². The van der Waals surface area contributed by atoms with Crippen LogP contribution in [0, 0.1) is 0 Å². The van der Waals surface area contributed by atoms with Crippen LogP contribution in [0.5, 0.6) is 0 Å². The molecule has 0 fully saturated rings. The maximum atomic E-state index is 11.3. The second-order valence-corrected chi connectivity index (χ2v) is 4.25. The van der Waals surface area contributed by atoms with Crippen LogP contribution in [0.4, 0.5) is 5.69 Å². The first-order valence-corrected chi connectivity index (χ1v) is 6.18. The lowest BCUT2D eigenvalue weighted by Gasteiger charge is -2.07. The van der Waals surface area contributed by atoms with Crippen molar-refractivity contribution in [1.82, 2.24) is 15.5 Å². The molecule has 17 heavy (non-hydrogen) atoms. The van der Waals surface area contributed by atoms with Crippen LogP contribution in [-0.2, 0) is 4.79 Å². The van der Waals surface area contributed by atoms with Gasteiger partial charge < -0.3 is 10.6 Å². The van der Waals surface area contributed by atoms with Crippen molar-refractivity contribution < 1.29 is 4.79 Å². The molecule has 3 N–H and O–H groups in total. The molecule has 0 bridgehead atoms. The van der Waals surface area contributed by atoms with Crippen molar-refractivity contribution in [1.29, 1.82) is 0 Å². The van der Waals surface area contributed by atoms with Gasteiger partial charge in [0.05, 0.1) is 11.9 Å². The monoisotopic (exact) mass is 302 g/mol. The standard InChI is InChI=1S/C10H15BrN4O2/c1-2-4-13-8(16)3-5-12-7-6-14-15-10(17)9(7)11/h6H,2-5H2,1H3,(H,13,16)(H2,12,15,17). The van der Waals surface area contributed by atoms with Crippen LogP contribution in [-0.4, -0.2) is 29.2 Å². The Labute approximate surface area is 107 Å². The number of carbonyl (C=O) groups excluding carboxylic acids is 1. The summed E-state index contributed by atoms with van der Waals surface area (Å²) in [6, 6.07) is 0. The second-order valence-electron chi connectivity index (χ2n) is 3.45. The third-order valence-corrected chi connectivity index (χ3v) is 2.82. The fourth-order valence-corrected chi connectivity index (χ4v) is 1.50. The number of carbonyl (C=O) groups is 1. The van der Waals surface area contributed by atoms with Gasteiger partial charge in [0.15, 0.2) is 0 Å². The highest BCUT2D eigenvalue weighted by Gasteiger charge is 2.04. The van der Waals surface area contributed by atoms with Gasteiger partial charge in [0.25, 0.3) is 5.56 Å². The summed E-state index contributed by atoms with van der Waals surface area (Å²) in [7, 11) is 0. The lowest BCUT2D eigenvalue weighted by atomic mass is 10.3. The second kappa shape index (κ2) is 7.05. The number of aromatic nitrogens is 2. The number of amides is 1. The fourth-order valence-electron chi connectivity index (χ4n) is 1.17. The van der Waals surface area contributed by atoms with E-state index in [2.05, 4.69) is 36.8 Å². The zero-order chi connectivity index (χ0) is 12.7. The Morgan fingerprint density at radius 3 is 3.00 bits per heavy atom. The number of anilines is 1. The van der Waals surface area contributed by atoms with E-state index in [4.69, 9.17) is 0 Å². The maximum Gasteiger partial charge on any atom is 0.280 e. The summed E-state index contributed by atoms with van der Waals surface area (Å²) in [5.74, 6) is -0.00623. The average Bonchev–Trinajstić information content (AvgIpc) is 2.32. The van der Waals surface area contributed by atoms with E-state index in [1.807, 2.05) is 6.92 Å². The Hall–Kier alpha value is -1.37. The molecule has 0 spiro atoms. The van der Waals surface area contributed by atoms with E-state index in [0.717, 1.165) is 6.42 Å². The van der Waals surface area contributed by atoms with Gasteiger partial charge in [-0.1, -0.05) is 6.92 Å². The Balaban J connectivity index is 2.38. The van der Waals surface area contributed by atoms with Crippen LogP contribution >= 0.6 is 15.9 Å². The zero-order valence-electron chi connectivity index (χ0n) is 9.55. The minimum absolute atomic E-state index is 0.00623. The van der Waals surface area contributed by atoms with Crippen molar-refractivity contribution in [2.75, 3.05) is 18.4 Å². The zero-order valence-corrected chi connectivity index (χ0v) is 11.1. The van der Waals surface area contributed by atoms with E-state index in [1.165, 1.54) is 6.20 Å². The molecule has 0 aliphatic heterocycles. The molecule has 0 saturated heterocycles. The Bertz CT molecular complexity index is 433. The molecule has 1 amide bonds. The predicted octanol–water partition coefficient (Wildman–Crippen LogP) is 0.861. The number of H-pyrrole nitrogens is 1. The normalized spacial score (nSPS) is 10.0. The topological polar surface area (TPSA) is 86.9 Å². The molecule has 1 aromatic rings. The highest BCUT2D eigenvalue weighted by molar-refractivity contribution is 9.10. The van der Waals surface area contributed by atoms with Crippen LogP contribution in [0.3, 0.4) is 0 Å². The molecule has 1 aromatic heterocycles. The molecule has 1 rings (SSSR count). The first-order valence-electron chi connectivity index (χ1n) is 5.39. The summed E-state index contributed by atoms with van der Waals surface area (Å²) in [5.41, 5.74) is 0.280. The number of rotatable bonds is 6. The molecule has 0 unspecified atom stereocenters. The van der Waals surface area contributed by atoms with E-state index in [0.29, 0.717) is 29.7 Å². The van der Waals surface area contributed by atoms with Gasteiger partial charge in [-0.3, -0.25) is 9.59 Å². The Morgan fingerprint density at radius 1 is 1.53 bits per heavy atom. The van der Waals surface area contributed by atoms with E-state index in [9.17, 15) is 9.59 Å². The van der Waals surface area contributed by atoms with Crippen molar-refractivity contribution in [3.05, 3.63) is 21.0 Å². The first-order chi connectivity index (χ1) is 8.15. The summed E-state index contributed by atoms with van der Waals surface area (Å²) < 4.78 is 0.390. The number of nitrogens with zero attached hydrogens (tertiary/aromatic N) is 1. The van der Waals surface area contributed by atoms with Gasteiger partial charge in [0, 0.05) is 19.5 Å². The number of halogens is 1. The quantitative estimate of drug-likeness (QED) is 0.727. The van der Waals surface area contributed by atoms with Crippen LogP contribution in [0.25, 0.3) is 0 Å². The molecular weight excluding hydrogens is 288 g/mol. The minimum Gasteiger partial charge on any atom is -0.382 e. The molecule has 0 radical (unpaired) electrons. The smallest absolute Gasteiger partial charge is 0.280 e. The molecule has 1 heterocycles. The van der Waals surface area contributed by atoms with Crippen molar-refractivity contribution in [3.63, 3.8) is 0 Å². The van der Waals surface area contributed by atoms with Gasteiger partial charge in [-0.2, -0.15) is 5.10 Å².